The van der Waals surface area contributed by atoms with E-state index in [0.29, 0.717) is 25.1 Å². The zero-order chi connectivity index (χ0) is 19.5. The minimum Gasteiger partial charge on any atom is -0.337 e. The molecule has 0 spiro atoms. The van der Waals surface area contributed by atoms with Gasteiger partial charge < -0.3 is 9.84 Å². The van der Waals surface area contributed by atoms with Crippen molar-refractivity contribution in [2.45, 2.75) is 61.9 Å². The summed E-state index contributed by atoms with van der Waals surface area (Å²) in [6.07, 6.45) is 4.40. The number of benzene rings is 1. The Hall–Kier alpha value is -1.55. The highest BCUT2D eigenvalue weighted by Crippen LogP contribution is 2.37. The minimum atomic E-state index is -3.94. The van der Waals surface area contributed by atoms with Crippen LogP contribution in [0.3, 0.4) is 0 Å². The van der Waals surface area contributed by atoms with Gasteiger partial charge in [-0.15, -0.1) is 12.4 Å². The van der Waals surface area contributed by atoms with E-state index in [9.17, 15) is 12.8 Å². The summed E-state index contributed by atoms with van der Waals surface area (Å²) in [5, 5.41) is 7.13. The first-order valence-corrected chi connectivity index (χ1v) is 10.6. The lowest BCUT2D eigenvalue weighted by atomic mass is 9.82. The van der Waals surface area contributed by atoms with Crippen LogP contribution >= 0.6 is 12.4 Å². The molecule has 28 heavy (non-hydrogen) atoms. The Morgan fingerprint density at radius 2 is 2.00 bits per heavy atom. The second-order valence-corrected chi connectivity index (χ2v) is 8.80. The molecular weight excluding hydrogens is 407 g/mol. The van der Waals surface area contributed by atoms with E-state index in [1.807, 2.05) is 14.0 Å². The van der Waals surface area contributed by atoms with Crippen molar-refractivity contribution in [3.63, 3.8) is 0 Å². The third kappa shape index (κ3) is 5.08. The molecule has 0 bridgehead atoms. The maximum absolute atomic E-state index is 13.5. The van der Waals surface area contributed by atoms with Crippen molar-refractivity contribution in [2.75, 3.05) is 7.05 Å². The molecule has 156 valence electrons. The van der Waals surface area contributed by atoms with Crippen LogP contribution in [-0.4, -0.2) is 31.6 Å². The van der Waals surface area contributed by atoms with Crippen molar-refractivity contribution in [3.8, 4) is 0 Å². The summed E-state index contributed by atoms with van der Waals surface area (Å²) in [5.41, 5.74) is -0.961. The summed E-state index contributed by atoms with van der Waals surface area (Å²) in [4.78, 5) is 4.36. The molecule has 1 aromatic heterocycles. The normalized spacial score (nSPS) is 17.7. The summed E-state index contributed by atoms with van der Waals surface area (Å²) in [6, 6.07) is 5.13. The average Bonchev–Trinajstić information content (AvgIpc) is 3.11. The largest absolute Gasteiger partial charge is 0.337 e. The van der Waals surface area contributed by atoms with Gasteiger partial charge in [0, 0.05) is 12.5 Å². The fourth-order valence-corrected chi connectivity index (χ4v) is 4.82. The SMILES string of the molecule is CNC(C)Cc1noc(C2(NS(=O)(=O)c3cccc(F)c3)CCCCC2)n1.Cl. The Balaban J connectivity index is 0.00000280. The van der Waals surface area contributed by atoms with Gasteiger partial charge in [-0.1, -0.05) is 30.5 Å². The molecule has 0 saturated heterocycles. The fraction of sp³-hybridized carbons (Fsp3) is 0.556. The van der Waals surface area contributed by atoms with Crippen molar-refractivity contribution in [1.82, 2.24) is 20.2 Å². The standard InChI is InChI=1S/C18H25FN4O3S.ClH/c1-13(20-2)11-16-21-17(26-22-16)18(9-4-3-5-10-18)23-27(24,25)15-8-6-7-14(19)12-15;/h6-8,12-13,20,23H,3-5,9-11H2,1-2H3;1H. The lowest BCUT2D eigenvalue weighted by Gasteiger charge is -2.34. The van der Waals surface area contributed by atoms with E-state index in [4.69, 9.17) is 4.52 Å². The monoisotopic (exact) mass is 432 g/mol. The Labute approximate surface area is 170 Å². The molecule has 2 aromatic rings. The molecule has 10 heteroatoms. The van der Waals surface area contributed by atoms with E-state index < -0.39 is 21.4 Å². The number of nitrogens with zero attached hydrogens (tertiary/aromatic N) is 2. The first-order chi connectivity index (χ1) is 12.8. The number of hydrogen-bond acceptors (Lipinski definition) is 6. The van der Waals surface area contributed by atoms with Gasteiger partial charge in [-0.05, 0) is 45.0 Å². The molecule has 1 atom stereocenters. The Morgan fingerprint density at radius 1 is 1.29 bits per heavy atom. The second kappa shape index (κ2) is 9.30. The molecule has 0 radical (unpaired) electrons. The second-order valence-electron chi connectivity index (χ2n) is 7.12. The Bertz CT molecular complexity index is 884. The van der Waals surface area contributed by atoms with Crippen LogP contribution in [0.5, 0.6) is 0 Å². The van der Waals surface area contributed by atoms with Crippen LogP contribution in [0, 0.1) is 5.82 Å². The third-order valence-electron chi connectivity index (χ3n) is 5.00. The van der Waals surface area contributed by atoms with Crippen LogP contribution in [-0.2, 0) is 22.0 Å². The topological polar surface area (TPSA) is 97.1 Å². The molecule has 3 rings (SSSR count). The van der Waals surface area contributed by atoms with Gasteiger partial charge in [0.05, 0.1) is 4.90 Å². The van der Waals surface area contributed by atoms with E-state index in [0.717, 1.165) is 25.3 Å². The smallest absolute Gasteiger partial charge is 0.247 e. The molecule has 1 unspecified atom stereocenters. The molecule has 0 amide bonds. The fourth-order valence-electron chi connectivity index (χ4n) is 3.37. The van der Waals surface area contributed by atoms with Gasteiger partial charge in [-0.25, -0.2) is 12.8 Å². The first-order valence-electron chi connectivity index (χ1n) is 9.14. The zero-order valence-corrected chi connectivity index (χ0v) is 17.6. The molecule has 1 aliphatic rings. The Morgan fingerprint density at radius 3 is 2.64 bits per heavy atom. The van der Waals surface area contributed by atoms with Gasteiger partial charge in [0.25, 0.3) is 0 Å². The quantitative estimate of drug-likeness (QED) is 0.698. The van der Waals surface area contributed by atoms with Crippen LogP contribution in [0.2, 0.25) is 0 Å². The van der Waals surface area contributed by atoms with Gasteiger partial charge in [-0.2, -0.15) is 9.71 Å². The van der Waals surface area contributed by atoms with Crippen LogP contribution in [0.25, 0.3) is 0 Å². The van der Waals surface area contributed by atoms with Gasteiger partial charge in [0.2, 0.25) is 15.9 Å². The van der Waals surface area contributed by atoms with Crippen LogP contribution < -0.4 is 10.0 Å². The predicted octanol–water partition coefficient (Wildman–Crippen LogP) is 2.92. The summed E-state index contributed by atoms with van der Waals surface area (Å²) in [5.74, 6) is 0.207. The molecule has 2 N–H and O–H groups in total. The van der Waals surface area contributed by atoms with Gasteiger partial charge >= 0.3 is 0 Å². The highest BCUT2D eigenvalue weighted by molar-refractivity contribution is 7.89. The highest BCUT2D eigenvalue weighted by Gasteiger charge is 2.43. The molecule has 1 saturated carbocycles. The number of aromatic nitrogens is 2. The summed E-state index contributed by atoms with van der Waals surface area (Å²) in [7, 11) is -2.09. The maximum atomic E-state index is 13.5. The van der Waals surface area contributed by atoms with Gasteiger partial charge in [0.1, 0.15) is 11.4 Å². The van der Waals surface area contributed by atoms with E-state index in [1.165, 1.54) is 18.2 Å². The van der Waals surface area contributed by atoms with Gasteiger partial charge in [-0.3, -0.25) is 0 Å². The van der Waals surface area contributed by atoms with Crippen molar-refractivity contribution in [1.29, 1.82) is 0 Å². The molecule has 1 fully saturated rings. The molecule has 0 aliphatic heterocycles. The number of nitrogens with one attached hydrogen (secondary N) is 2. The minimum absolute atomic E-state index is 0. The highest BCUT2D eigenvalue weighted by atomic mass is 35.5. The lowest BCUT2D eigenvalue weighted by Crippen LogP contribution is -2.47. The molecule has 1 heterocycles. The number of hydrogen-bond donors (Lipinski definition) is 2. The van der Waals surface area contributed by atoms with Crippen molar-refractivity contribution in [2.24, 2.45) is 0 Å². The summed E-state index contributed by atoms with van der Waals surface area (Å²) < 4.78 is 47.5. The molecule has 1 aliphatic carbocycles. The van der Waals surface area contributed by atoms with E-state index in [1.54, 1.807) is 0 Å². The number of halogens is 2. The van der Waals surface area contributed by atoms with Crippen LogP contribution in [0.4, 0.5) is 4.39 Å². The zero-order valence-electron chi connectivity index (χ0n) is 15.9. The van der Waals surface area contributed by atoms with E-state index in [-0.39, 0.29) is 29.2 Å². The van der Waals surface area contributed by atoms with E-state index >= 15 is 0 Å². The van der Waals surface area contributed by atoms with Crippen LogP contribution in [0.1, 0.15) is 50.7 Å². The number of rotatable bonds is 7. The van der Waals surface area contributed by atoms with Crippen LogP contribution in [0.15, 0.2) is 33.7 Å². The third-order valence-corrected chi connectivity index (χ3v) is 6.54. The van der Waals surface area contributed by atoms with Crippen molar-refractivity contribution < 1.29 is 17.3 Å². The van der Waals surface area contributed by atoms with Crippen molar-refractivity contribution >= 4 is 22.4 Å². The number of sulfonamides is 1. The van der Waals surface area contributed by atoms with Crippen molar-refractivity contribution in [3.05, 3.63) is 41.8 Å². The maximum Gasteiger partial charge on any atom is 0.247 e. The van der Waals surface area contributed by atoms with Gasteiger partial charge in [0.15, 0.2) is 5.82 Å². The molecular formula is C18H26ClFN4O3S. The lowest BCUT2D eigenvalue weighted by molar-refractivity contribution is 0.199. The molecule has 1 aromatic carbocycles. The summed E-state index contributed by atoms with van der Waals surface area (Å²) in [6.45, 7) is 2.00. The Kier molecular flexibility index (Phi) is 7.55. The molecule has 7 nitrogen and oxygen atoms in total. The van der Waals surface area contributed by atoms with E-state index in [2.05, 4.69) is 20.2 Å². The summed E-state index contributed by atoms with van der Waals surface area (Å²) >= 11 is 0. The predicted molar refractivity (Wildman–Crippen MR) is 105 cm³/mol. The number of likely N-dealkylation sites (N-methyl/N-ethyl adjacent to an activating group) is 1. The first kappa shape index (κ1) is 22.7. The average molecular weight is 433 g/mol.